The predicted octanol–water partition coefficient (Wildman–Crippen LogP) is 3.42. The maximum Gasteiger partial charge on any atom is 0.253 e. The summed E-state index contributed by atoms with van der Waals surface area (Å²) in [6.07, 6.45) is 2.23. The maximum absolute atomic E-state index is 12.7. The molecule has 7 heteroatoms. The molecular weight excluding hydrogens is 352 g/mol. The normalized spacial score (nSPS) is 16.7. The Labute approximate surface area is 155 Å². The Balaban J connectivity index is 1.39. The van der Waals surface area contributed by atoms with E-state index in [1.165, 1.54) is 6.33 Å². The van der Waals surface area contributed by atoms with Gasteiger partial charge in [0, 0.05) is 29.1 Å². The number of halogens is 1. The number of ether oxygens (including phenoxy) is 1. The topological polar surface area (TPSA) is 71.1 Å². The van der Waals surface area contributed by atoms with E-state index in [-0.39, 0.29) is 12.0 Å². The minimum Gasteiger partial charge on any atom is -0.488 e. The lowest BCUT2D eigenvalue weighted by Gasteiger charge is -2.17. The molecule has 6 nitrogen and oxygen atoms in total. The first-order chi connectivity index (χ1) is 12.7. The molecule has 3 aromatic rings. The Kier molecular flexibility index (Phi) is 4.58. The molecule has 26 heavy (non-hydrogen) atoms. The lowest BCUT2D eigenvalue weighted by Crippen LogP contribution is -2.30. The fourth-order valence-corrected chi connectivity index (χ4v) is 3.22. The van der Waals surface area contributed by atoms with Crippen molar-refractivity contribution in [2.75, 3.05) is 13.1 Å². The molecule has 1 atom stereocenters. The third-order valence-corrected chi connectivity index (χ3v) is 4.59. The highest BCUT2D eigenvalue weighted by molar-refractivity contribution is 6.30. The lowest BCUT2D eigenvalue weighted by molar-refractivity contribution is 0.0772. The number of nitrogens with one attached hydrogen (secondary N) is 1. The summed E-state index contributed by atoms with van der Waals surface area (Å²) in [6.45, 7) is 1.24. The largest absolute Gasteiger partial charge is 0.488 e. The van der Waals surface area contributed by atoms with E-state index < -0.39 is 0 Å². The molecule has 132 valence electrons. The number of H-pyrrole nitrogens is 1. The molecule has 1 amide bonds. The van der Waals surface area contributed by atoms with Crippen molar-refractivity contribution in [2.24, 2.45) is 0 Å². The van der Waals surface area contributed by atoms with Gasteiger partial charge in [0.25, 0.3) is 5.91 Å². The minimum absolute atomic E-state index is 0.00585. The summed E-state index contributed by atoms with van der Waals surface area (Å²) in [5.74, 6) is 1.42. The van der Waals surface area contributed by atoms with Crippen LogP contribution in [0.4, 0.5) is 0 Å². The number of aromatic nitrogens is 3. The van der Waals surface area contributed by atoms with Crippen molar-refractivity contribution in [1.29, 1.82) is 0 Å². The number of carbonyl (C=O) groups is 1. The molecule has 1 aliphatic rings. The summed E-state index contributed by atoms with van der Waals surface area (Å²) in [7, 11) is 0. The SMILES string of the molecule is O=C(c1ccc(-c2ncn[nH]2)cc1)N1CCC(Oc2cccc(Cl)c2)C1. The molecule has 1 saturated heterocycles. The van der Waals surface area contributed by atoms with Crippen LogP contribution in [0.1, 0.15) is 16.8 Å². The van der Waals surface area contributed by atoms with Crippen LogP contribution in [0, 0.1) is 0 Å². The number of hydrogen-bond acceptors (Lipinski definition) is 4. The molecule has 0 radical (unpaired) electrons. The van der Waals surface area contributed by atoms with E-state index in [9.17, 15) is 4.79 Å². The van der Waals surface area contributed by atoms with E-state index in [0.717, 1.165) is 17.7 Å². The maximum atomic E-state index is 12.7. The van der Waals surface area contributed by atoms with Crippen LogP contribution >= 0.6 is 11.6 Å². The molecule has 1 unspecified atom stereocenters. The molecule has 1 N–H and O–H groups in total. The fourth-order valence-electron chi connectivity index (χ4n) is 3.04. The monoisotopic (exact) mass is 368 g/mol. The number of amides is 1. The van der Waals surface area contributed by atoms with Crippen LogP contribution in [0.2, 0.25) is 5.02 Å². The molecular formula is C19H17ClN4O2. The first-order valence-electron chi connectivity index (χ1n) is 8.36. The number of rotatable bonds is 4. The van der Waals surface area contributed by atoms with E-state index in [0.29, 0.717) is 29.5 Å². The first-order valence-corrected chi connectivity index (χ1v) is 8.74. The van der Waals surface area contributed by atoms with Gasteiger partial charge in [0.1, 0.15) is 18.2 Å². The van der Waals surface area contributed by atoms with Crippen molar-refractivity contribution in [2.45, 2.75) is 12.5 Å². The third kappa shape index (κ3) is 3.55. The average Bonchev–Trinajstić information content (AvgIpc) is 3.33. The van der Waals surface area contributed by atoms with Crippen LogP contribution in [0.25, 0.3) is 11.4 Å². The highest BCUT2D eigenvalue weighted by atomic mass is 35.5. The minimum atomic E-state index is -0.0223. The third-order valence-electron chi connectivity index (χ3n) is 4.35. The molecule has 1 fully saturated rings. The molecule has 1 aliphatic heterocycles. The molecule has 0 bridgehead atoms. The summed E-state index contributed by atoms with van der Waals surface area (Å²) in [5.41, 5.74) is 1.54. The van der Waals surface area contributed by atoms with Gasteiger partial charge in [-0.25, -0.2) is 4.98 Å². The Hall–Kier alpha value is -2.86. The Morgan fingerprint density at radius 2 is 2.08 bits per heavy atom. The van der Waals surface area contributed by atoms with Crippen LogP contribution in [0.3, 0.4) is 0 Å². The number of aromatic amines is 1. The molecule has 2 aromatic carbocycles. The molecule has 0 aliphatic carbocycles. The second-order valence-electron chi connectivity index (χ2n) is 6.15. The van der Waals surface area contributed by atoms with Crippen molar-refractivity contribution in [3.63, 3.8) is 0 Å². The van der Waals surface area contributed by atoms with Crippen molar-refractivity contribution in [3.05, 3.63) is 65.4 Å². The zero-order valence-electron chi connectivity index (χ0n) is 13.9. The molecule has 0 spiro atoms. The van der Waals surface area contributed by atoms with Crippen molar-refractivity contribution in [3.8, 4) is 17.1 Å². The average molecular weight is 369 g/mol. The van der Waals surface area contributed by atoms with Gasteiger partial charge in [-0.15, -0.1) is 0 Å². The van der Waals surface area contributed by atoms with E-state index in [1.807, 2.05) is 41.3 Å². The summed E-state index contributed by atoms with van der Waals surface area (Å²) in [5, 5.41) is 7.28. The van der Waals surface area contributed by atoms with E-state index in [2.05, 4.69) is 15.2 Å². The zero-order chi connectivity index (χ0) is 17.9. The van der Waals surface area contributed by atoms with Gasteiger partial charge in [-0.2, -0.15) is 5.10 Å². The highest BCUT2D eigenvalue weighted by Crippen LogP contribution is 2.23. The van der Waals surface area contributed by atoms with Crippen LogP contribution in [-0.4, -0.2) is 45.2 Å². The molecule has 0 saturated carbocycles. The first kappa shape index (κ1) is 16.6. The van der Waals surface area contributed by atoms with E-state index >= 15 is 0 Å². The van der Waals surface area contributed by atoms with E-state index in [4.69, 9.17) is 16.3 Å². The van der Waals surface area contributed by atoms with Gasteiger partial charge < -0.3 is 9.64 Å². The second kappa shape index (κ2) is 7.17. The van der Waals surface area contributed by atoms with Gasteiger partial charge in [0.2, 0.25) is 0 Å². The lowest BCUT2D eigenvalue weighted by atomic mass is 10.1. The van der Waals surface area contributed by atoms with Crippen molar-refractivity contribution < 1.29 is 9.53 Å². The van der Waals surface area contributed by atoms with Crippen molar-refractivity contribution >= 4 is 17.5 Å². The number of hydrogen-bond donors (Lipinski definition) is 1. The molecule has 2 heterocycles. The summed E-state index contributed by atoms with van der Waals surface area (Å²) in [6, 6.07) is 14.7. The van der Waals surface area contributed by atoms with Crippen LogP contribution in [-0.2, 0) is 0 Å². The van der Waals surface area contributed by atoms with Gasteiger partial charge in [0.05, 0.1) is 6.54 Å². The van der Waals surface area contributed by atoms with Crippen LogP contribution in [0.15, 0.2) is 54.9 Å². The second-order valence-corrected chi connectivity index (χ2v) is 6.58. The van der Waals surface area contributed by atoms with E-state index in [1.54, 1.807) is 12.1 Å². The van der Waals surface area contributed by atoms with Gasteiger partial charge >= 0.3 is 0 Å². The Morgan fingerprint density at radius 3 is 2.81 bits per heavy atom. The predicted molar refractivity (Wildman–Crippen MR) is 98.2 cm³/mol. The zero-order valence-corrected chi connectivity index (χ0v) is 14.7. The van der Waals surface area contributed by atoms with Crippen molar-refractivity contribution in [1.82, 2.24) is 20.1 Å². The van der Waals surface area contributed by atoms with Gasteiger partial charge in [-0.1, -0.05) is 29.8 Å². The van der Waals surface area contributed by atoms with Gasteiger partial charge in [-0.3, -0.25) is 9.89 Å². The Bertz CT molecular complexity index is 896. The highest BCUT2D eigenvalue weighted by Gasteiger charge is 2.28. The fraction of sp³-hybridized carbons (Fsp3) is 0.211. The summed E-state index contributed by atoms with van der Waals surface area (Å²) >= 11 is 5.98. The number of benzene rings is 2. The molecule has 4 rings (SSSR count). The molecule has 1 aromatic heterocycles. The van der Waals surface area contributed by atoms with Crippen LogP contribution < -0.4 is 4.74 Å². The smallest absolute Gasteiger partial charge is 0.253 e. The van der Waals surface area contributed by atoms with Gasteiger partial charge in [0.15, 0.2) is 5.82 Å². The summed E-state index contributed by atoms with van der Waals surface area (Å²) in [4.78, 5) is 18.6. The number of nitrogens with zero attached hydrogens (tertiary/aromatic N) is 3. The number of carbonyl (C=O) groups excluding carboxylic acids is 1. The standard InChI is InChI=1S/C19H17ClN4O2/c20-15-2-1-3-16(10-15)26-17-8-9-24(11-17)19(25)14-6-4-13(5-7-14)18-21-12-22-23-18/h1-7,10,12,17H,8-9,11H2,(H,21,22,23). The number of likely N-dealkylation sites (tertiary alicyclic amines) is 1. The summed E-state index contributed by atoms with van der Waals surface area (Å²) < 4.78 is 5.94. The van der Waals surface area contributed by atoms with Crippen LogP contribution in [0.5, 0.6) is 5.75 Å². The Morgan fingerprint density at radius 1 is 1.23 bits per heavy atom. The quantitative estimate of drug-likeness (QED) is 0.766. The van der Waals surface area contributed by atoms with Gasteiger partial charge in [-0.05, 0) is 30.3 Å².